The molecule has 3 heteroatoms. The van der Waals surface area contributed by atoms with E-state index in [1.807, 2.05) is 12.1 Å². The Bertz CT molecular complexity index is 490. The molecule has 2 aliphatic carbocycles. The molecule has 0 saturated heterocycles. The second-order valence-corrected chi connectivity index (χ2v) is 7.65. The van der Waals surface area contributed by atoms with Crippen molar-refractivity contribution >= 4 is 15.9 Å². The largest absolute Gasteiger partial charge is 0.497 e. The summed E-state index contributed by atoms with van der Waals surface area (Å²) in [5.41, 5.74) is 7.84. The van der Waals surface area contributed by atoms with Crippen molar-refractivity contribution in [1.82, 2.24) is 0 Å². The summed E-state index contributed by atoms with van der Waals surface area (Å²) < 4.78 is 6.36. The van der Waals surface area contributed by atoms with E-state index < -0.39 is 0 Å². The minimum atomic E-state index is 0.146. The lowest BCUT2D eigenvalue weighted by Crippen LogP contribution is -2.33. The molecule has 21 heavy (non-hydrogen) atoms. The Hall–Kier alpha value is -0.540. The summed E-state index contributed by atoms with van der Waals surface area (Å²) in [6, 6.07) is 6.32. The minimum absolute atomic E-state index is 0.146. The number of ether oxygens (including phenoxy) is 1. The number of benzene rings is 1. The minimum Gasteiger partial charge on any atom is -0.497 e. The van der Waals surface area contributed by atoms with Crippen LogP contribution in [-0.4, -0.2) is 7.11 Å². The molecule has 4 atom stereocenters. The second kappa shape index (κ2) is 6.70. The third-order valence-electron chi connectivity index (χ3n) is 5.65. The number of methoxy groups -OCH3 is 1. The van der Waals surface area contributed by atoms with Crippen molar-refractivity contribution in [3.05, 3.63) is 28.2 Å². The zero-order valence-electron chi connectivity index (χ0n) is 12.9. The van der Waals surface area contributed by atoms with Gasteiger partial charge in [-0.1, -0.05) is 47.7 Å². The Balaban J connectivity index is 1.71. The first-order valence-electron chi connectivity index (χ1n) is 8.28. The molecule has 2 saturated carbocycles. The lowest BCUT2D eigenvalue weighted by Gasteiger charge is -2.41. The van der Waals surface area contributed by atoms with Gasteiger partial charge in [-0.15, -0.1) is 0 Å². The molecule has 0 amide bonds. The van der Waals surface area contributed by atoms with Crippen molar-refractivity contribution in [2.45, 2.75) is 51.0 Å². The first-order chi connectivity index (χ1) is 10.2. The van der Waals surface area contributed by atoms with E-state index in [0.29, 0.717) is 5.92 Å². The molecule has 0 aromatic heterocycles. The molecular weight excluding hydrogens is 326 g/mol. The molecule has 0 bridgehead atoms. The molecule has 4 unspecified atom stereocenters. The number of halogens is 1. The fraction of sp³-hybridized carbons (Fsp3) is 0.667. The molecule has 0 heterocycles. The summed E-state index contributed by atoms with van der Waals surface area (Å²) in [6.45, 7) is 0. The highest BCUT2D eigenvalue weighted by Gasteiger charge is 2.35. The first kappa shape index (κ1) is 15.4. The topological polar surface area (TPSA) is 35.2 Å². The molecule has 116 valence electrons. The van der Waals surface area contributed by atoms with E-state index in [9.17, 15) is 0 Å². The van der Waals surface area contributed by atoms with Gasteiger partial charge in [0.15, 0.2) is 0 Å². The molecule has 0 spiro atoms. The van der Waals surface area contributed by atoms with Gasteiger partial charge in [0.25, 0.3) is 0 Å². The summed E-state index contributed by atoms with van der Waals surface area (Å²) in [5, 5.41) is 0. The standard InChI is InChI=1S/C18H26BrNO/c1-21-15-8-9-16(17(19)11-15)18(20)14-7-6-12-4-2-3-5-13(12)10-14/h8-9,11-14,18H,2-7,10,20H2,1H3. The number of nitrogens with two attached hydrogens (primary N) is 1. The lowest BCUT2D eigenvalue weighted by atomic mass is 9.65. The maximum atomic E-state index is 6.61. The predicted molar refractivity (Wildman–Crippen MR) is 90.4 cm³/mol. The molecule has 0 aliphatic heterocycles. The molecule has 1 aromatic carbocycles. The van der Waals surface area contributed by atoms with Crippen LogP contribution in [0.1, 0.15) is 56.6 Å². The normalized spacial score (nSPS) is 30.5. The van der Waals surface area contributed by atoms with Crippen molar-refractivity contribution < 1.29 is 4.74 Å². The average Bonchev–Trinajstić information content (AvgIpc) is 2.53. The van der Waals surface area contributed by atoms with E-state index in [4.69, 9.17) is 10.5 Å². The van der Waals surface area contributed by atoms with Gasteiger partial charge in [0.2, 0.25) is 0 Å². The summed E-state index contributed by atoms with van der Waals surface area (Å²) in [4.78, 5) is 0. The maximum Gasteiger partial charge on any atom is 0.120 e. The van der Waals surface area contributed by atoms with Crippen LogP contribution in [0.5, 0.6) is 5.75 Å². The Morgan fingerprint density at radius 3 is 2.62 bits per heavy atom. The van der Waals surface area contributed by atoms with Crippen LogP contribution in [0.4, 0.5) is 0 Å². The molecule has 2 fully saturated rings. The van der Waals surface area contributed by atoms with Gasteiger partial charge in [0, 0.05) is 10.5 Å². The summed E-state index contributed by atoms with van der Waals surface area (Å²) in [6.07, 6.45) is 9.76. The van der Waals surface area contributed by atoms with Crippen molar-refractivity contribution in [2.24, 2.45) is 23.5 Å². The van der Waals surface area contributed by atoms with Crippen LogP contribution in [-0.2, 0) is 0 Å². The van der Waals surface area contributed by atoms with Crippen LogP contribution >= 0.6 is 15.9 Å². The maximum absolute atomic E-state index is 6.61. The van der Waals surface area contributed by atoms with Crippen LogP contribution in [0.2, 0.25) is 0 Å². The van der Waals surface area contributed by atoms with Crippen LogP contribution in [0, 0.1) is 17.8 Å². The number of hydrogen-bond acceptors (Lipinski definition) is 2. The van der Waals surface area contributed by atoms with Gasteiger partial charge in [-0.05, 0) is 54.7 Å². The molecule has 1 aromatic rings. The van der Waals surface area contributed by atoms with Gasteiger partial charge in [0.1, 0.15) is 5.75 Å². The summed E-state index contributed by atoms with van der Waals surface area (Å²) in [5.74, 6) is 3.44. The van der Waals surface area contributed by atoms with Crippen LogP contribution < -0.4 is 10.5 Å². The molecule has 2 N–H and O–H groups in total. The highest BCUT2D eigenvalue weighted by molar-refractivity contribution is 9.10. The van der Waals surface area contributed by atoms with Gasteiger partial charge in [-0.2, -0.15) is 0 Å². The summed E-state index contributed by atoms with van der Waals surface area (Å²) >= 11 is 3.66. The molecule has 2 nitrogen and oxygen atoms in total. The molecule has 0 radical (unpaired) electrons. The number of hydrogen-bond donors (Lipinski definition) is 1. The van der Waals surface area contributed by atoms with Crippen molar-refractivity contribution in [1.29, 1.82) is 0 Å². The first-order valence-corrected chi connectivity index (χ1v) is 9.07. The second-order valence-electron chi connectivity index (χ2n) is 6.79. The zero-order valence-corrected chi connectivity index (χ0v) is 14.4. The molecule has 3 rings (SSSR count). The lowest BCUT2D eigenvalue weighted by molar-refractivity contribution is 0.117. The van der Waals surface area contributed by atoms with E-state index in [1.165, 1.54) is 50.5 Å². The SMILES string of the molecule is COc1ccc(C(N)C2CCC3CCCCC3C2)c(Br)c1. The van der Waals surface area contributed by atoms with Crippen molar-refractivity contribution in [2.75, 3.05) is 7.11 Å². The van der Waals surface area contributed by atoms with Gasteiger partial charge in [-0.3, -0.25) is 0 Å². The van der Waals surface area contributed by atoms with Crippen LogP contribution in [0.25, 0.3) is 0 Å². The van der Waals surface area contributed by atoms with Gasteiger partial charge in [-0.25, -0.2) is 0 Å². The van der Waals surface area contributed by atoms with Gasteiger partial charge >= 0.3 is 0 Å². The Kier molecular flexibility index (Phi) is 4.90. The monoisotopic (exact) mass is 351 g/mol. The summed E-state index contributed by atoms with van der Waals surface area (Å²) in [7, 11) is 1.70. The third kappa shape index (κ3) is 3.29. The van der Waals surface area contributed by atoms with E-state index in [0.717, 1.165) is 22.1 Å². The van der Waals surface area contributed by atoms with Crippen molar-refractivity contribution in [3.8, 4) is 5.75 Å². The highest BCUT2D eigenvalue weighted by Crippen LogP contribution is 2.46. The van der Waals surface area contributed by atoms with Crippen LogP contribution in [0.15, 0.2) is 22.7 Å². The van der Waals surface area contributed by atoms with Crippen molar-refractivity contribution in [3.63, 3.8) is 0 Å². The predicted octanol–water partition coefficient (Wildman–Crippen LogP) is 5.06. The third-order valence-corrected chi connectivity index (χ3v) is 6.34. The van der Waals surface area contributed by atoms with Gasteiger partial charge < -0.3 is 10.5 Å². The fourth-order valence-corrected chi connectivity index (χ4v) is 5.02. The van der Waals surface area contributed by atoms with E-state index in [1.54, 1.807) is 7.11 Å². The van der Waals surface area contributed by atoms with E-state index in [-0.39, 0.29) is 6.04 Å². The fourth-order valence-electron chi connectivity index (χ4n) is 4.39. The van der Waals surface area contributed by atoms with E-state index >= 15 is 0 Å². The smallest absolute Gasteiger partial charge is 0.120 e. The quantitative estimate of drug-likeness (QED) is 0.825. The Labute approximate surface area is 136 Å². The molecule has 2 aliphatic rings. The Morgan fingerprint density at radius 1 is 1.14 bits per heavy atom. The zero-order chi connectivity index (χ0) is 14.8. The number of fused-ring (bicyclic) bond motifs is 1. The molecular formula is C18H26BrNO. The Morgan fingerprint density at radius 2 is 1.90 bits per heavy atom. The van der Waals surface area contributed by atoms with Crippen LogP contribution in [0.3, 0.4) is 0 Å². The average molecular weight is 352 g/mol. The van der Waals surface area contributed by atoms with E-state index in [2.05, 4.69) is 22.0 Å². The van der Waals surface area contributed by atoms with Gasteiger partial charge in [0.05, 0.1) is 7.11 Å². The number of rotatable bonds is 3. The highest BCUT2D eigenvalue weighted by atomic mass is 79.9.